The predicted molar refractivity (Wildman–Crippen MR) is 78.3 cm³/mol. The normalized spacial score (nSPS) is 25.0. The standard InChI is InChI=1S/C12H14N4O3S/c13-12(20)15-14-7-10-5-6-11(19-10)8-1-3-9(4-2-8)16(17)18/h1,3-5,7-8,11H,2,6H2,(H3,13,15,20)/b14-7+. The quantitative estimate of drug-likeness (QED) is 0.350. The SMILES string of the molecule is NC(=S)N/N=C/C1=CCC(C2C=CC([N+](=O)[O-])=CC2)O1. The van der Waals surface area contributed by atoms with Gasteiger partial charge in [0.1, 0.15) is 11.9 Å². The molecule has 1 aliphatic heterocycles. The largest absolute Gasteiger partial charge is 0.488 e. The molecule has 0 aromatic heterocycles. The van der Waals surface area contributed by atoms with Crippen molar-refractivity contribution >= 4 is 23.5 Å². The van der Waals surface area contributed by atoms with Crippen molar-refractivity contribution in [2.24, 2.45) is 16.8 Å². The molecule has 2 aliphatic rings. The minimum Gasteiger partial charge on any atom is -0.488 e. The van der Waals surface area contributed by atoms with Crippen LogP contribution in [0.25, 0.3) is 0 Å². The third-order valence-corrected chi connectivity index (χ3v) is 3.10. The van der Waals surface area contributed by atoms with Gasteiger partial charge < -0.3 is 10.5 Å². The molecule has 0 spiro atoms. The summed E-state index contributed by atoms with van der Waals surface area (Å²) in [7, 11) is 0. The maximum atomic E-state index is 10.6. The smallest absolute Gasteiger partial charge is 0.265 e. The van der Waals surface area contributed by atoms with Crippen molar-refractivity contribution in [1.29, 1.82) is 0 Å². The van der Waals surface area contributed by atoms with Gasteiger partial charge in [-0.1, -0.05) is 6.08 Å². The lowest BCUT2D eigenvalue weighted by atomic mass is 9.92. The average molecular weight is 294 g/mol. The Morgan fingerprint density at radius 1 is 1.60 bits per heavy atom. The van der Waals surface area contributed by atoms with Crippen molar-refractivity contribution in [1.82, 2.24) is 5.43 Å². The number of nitrogens with zero attached hydrogens (tertiary/aromatic N) is 2. The summed E-state index contributed by atoms with van der Waals surface area (Å²) in [5.41, 5.74) is 7.81. The van der Waals surface area contributed by atoms with Gasteiger partial charge in [0.2, 0.25) is 0 Å². The average Bonchev–Trinajstić information content (AvgIpc) is 2.87. The fraction of sp³-hybridized carbons (Fsp3) is 0.333. The summed E-state index contributed by atoms with van der Waals surface area (Å²) in [6.45, 7) is 0. The van der Waals surface area contributed by atoms with Crippen molar-refractivity contribution < 1.29 is 9.66 Å². The van der Waals surface area contributed by atoms with Crippen molar-refractivity contribution in [3.63, 3.8) is 0 Å². The Hall–Kier alpha value is -2.22. The monoisotopic (exact) mass is 294 g/mol. The zero-order valence-corrected chi connectivity index (χ0v) is 11.4. The summed E-state index contributed by atoms with van der Waals surface area (Å²) < 4.78 is 5.72. The number of nitro groups is 1. The zero-order chi connectivity index (χ0) is 14.5. The van der Waals surface area contributed by atoms with Gasteiger partial charge in [-0.05, 0) is 30.8 Å². The zero-order valence-electron chi connectivity index (χ0n) is 10.6. The number of hydrogen-bond donors (Lipinski definition) is 2. The number of thiocarbonyl (C=S) groups is 1. The van der Waals surface area contributed by atoms with E-state index in [-0.39, 0.29) is 27.8 Å². The summed E-state index contributed by atoms with van der Waals surface area (Å²) >= 11 is 4.62. The van der Waals surface area contributed by atoms with Gasteiger partial charge in [0.15, 0.2) is 5.11 Å². The molecule has 20 heavy (non-hydrogen) atoms. The van der Waals surface area contributed by atoms with E-state index in [1.54, 1.807) is 6.08 Å². The van der Waals surface area contributed by atoms with Crippen LogP contribution in [0, 0.1) is 16.0 Å². The Balaban J connectivity index is 1.84. The first-order chi connectivity index (χ1) is 9.56. The van der Waals surface area contributed by atoms with Crippen molar-refractivity contribution in [3.05, 3.63) is 45.9 Å². The molecule has 0 fully saturated rings. The van der Waals surface area contributed by atoms with Crippen LogP contribution < -0.4 is 11.2 Å². The molecule has 2 unspecified atom stereocenters. The van der Waals surface area contributed by atoms with Gasteiger partial charge >= 0.3 is 0 Å². The number of nitrogens with two attached hydrogens (primary N) is 1. The molecule has 0 bridgehead atoms. The summed E-state index contributed by atoms with van der Waals surface area (Å²) in [6, 6.07) is 0. The van der Waals surface area contributed by atoms with Crippen LogP contribution in [-0.4, -0.2) is 22.4 Å². The molecule has 0 aromatic rings. The molecule has 3 N–H and O–H groups in total. The molecule has 0 amide bonds. The van der Waals surface area contributed by atoms with Gasteiger partial charge in [0.05, 0.1) is 11.1 Å². The van der Waals surface area contributed by atoms with E-state index in [9.17, 15) is 10.1 Å². The Bertz CT molecular complexity index is 539. The van der Waals surface area contributed by atoms with Gasteiger partial charge in [-0.3, -0.25) is 15.5 Å². The molecule has 2 atom stereocenters. The van der Waals surface area contributed by atoms with Gasteiger partial charge in [-0.25, -0.2) is 0 Å². The van der Waals surface area contributed by atoms with E-state index < -0.39 is 0 Å². The molecule has 8 heteroatoms. The first kappa shape index (κ1) is 14.2. The highest BCUT2D eigenvalue weighted by molar-refractivity contribution is 7.80. The minimum absolute atomic E-state index is 0.0258. The van der Waals surface area contributed by atoms with Crippen molar-refractivity contribution in [2.45, 2.75) is 18.9 Å². The molecule has 7 nitrogen and oxygen atoms in total. The number of hydrazone groups is 1. The van der Waals surface area contributed by atoms with Gasteiger partial charge in [-0.15, -0.1) is 0 Å². The lowest BCUT2D eigenvalue weighted by Crippen LogP contribution is -2.24. The second-order valence-electron chi connectivity index (χ2n) is 4.38. The predicted octanol–water partition coefficient (Wildman–Crippen LogP) is 1.21. The first-order valence-corrected chi connectivity index (χ1v) is 6.45. The van der Waals surface area contributed by atoms with Crippen LogP contribution in [0.5, 0.6) is 0 Å². The second kappa shape index (κ2) is 6.29. The Kier molecular flexibility index (Phi) is 4.46. The topological polar surface area (TPSA) is 103 Å². The maximum Gasteiger partial charge on any atom is 0.265 e. The number of nitrogens with one attached hydrogen (secondary N) is 1. The molecule has 1 aliphatic carbocycles. The van der Waals surface area contributed by atoms with Crippen LogP contribution in [0.2, 0.25) is 0 Å². The van der Waals surface area contributed by atoms with Crippen LogP contribution in [0.15, 0.2) is 40.9 Å². The molecule has 106 valence electrons. The fourth-order valence-corrected chi connectivity index (χ4v) is 2.10. The molecule has 0 saturated heterocycles. The highest BCUT2D eigenvalue weighted by atomic mass is 32.1. The van der Waals surface area contributed by atoms with E-state index in [0.29, 0.717) is 12.2 Å². The van der Waals surface area contributed by atoms with Gasteiger partial charge in [0, 0.05) is 18.4 Å². The van der Waals surface area contributed by atoms with Crippen LogP contribution in [0.1, 0.15) is 12.8 Å². The lowest BCUT2D eigenvalue weighted by Gasteiger charge is -2.21. The molecular weight excluding hydrogens is 280 g/mol. The van der Waals surface area contributed by atoms with E-state index in [0.717, 1.165) is 6.42 Å². The molecule has 0 aromatic carbocycles. The first-order valence-electron chi connectivity index (χ1n) is 6.04. The van der Waals surface area contributed by atoms with Crippen molar-refractivity contribution in [3.8, 4) is 0 Å². The molecule has 2 rings (SSSR count). The third-order valence-electron chi connectivity index (χ3n) is 3.01. The molecule has 0 radical (unpaired) electrons. The third kappa shape index (κ3) is 3.64. The van der Waals surface area contributed by atoms with Crippen LogP contribution in [0.3, 0.4) is 0 Å². The Morgan fingerprint density at radius 2 is 2.40 bits per heavy atom. The lowest BCUT2D eigenvalue weighted by molar-refractivity contribution is -0.419. The highest BCUT2D eigenvalue weighted by Crippen LogP contribution is 2.29. The minimum atomic E-state index is -0.389. The number of ether oxygens (including phenoxy) is 1. The van der Waals surface area contributed by atoms with Crippen LogP contribution in [-0.2, 0) is 4.74 Å². The van der Waals surface area contributed by atoms with Crippen molar-refractivity contribution in [2.75, 3.05) is 0 Å². The molecule has 1 heterocycles. The van der Waals surface area contributed by atoms with Gasteiger partial charge in [-0.2, -0.15) is 5.10 Å². The summed E-state index contributed by atoms with van der Waals surface area (Å²) in [6.07, 6.45) is 9.70. The van der Waals surface area contributed by atoms with E-state index in [2.05, 4.69) is 22.7 Å². The Labute approximate surface area is 121 Å². The highest BCUT2D eigenvalue weighted by Gasteiger charge is 2.27. The van der Waals surface area contributed by atoms with E-state index in [1.807, 2.05) is 12.2 Å². The summed E-state index contributed by atoms with van der Waals surface area (Å²) in [5, 5.41) is 14.5. The number of hydrogen-bond acceptors (Lipinski definition) is 5. The van der Waals surface area contributed by atoms with E-state index >= 15 is 0 Å². The number of allylic oxidation sites excluding steroid dienone is 3. The van der Waals surface area contributed by atoms with Gasteiger partial charge in [0.25, 0.3) is 5.70 Å². The summed E-state index contributed by atoms with van der Waals surface area (Å²) in [4.78, 5) is 10.2. The fourth-order valence-electron chi connectivity index (χ4n) is 2.04. The number of rotatable bonds is 4. The Morgan fingerprint density at radius 3 is 3.00 bits per heavy atom. The molecular formula is C12H14N4O3S. The van der Waals surface area contributed by atoms with Crippen LogP contribution >= 0.6 is 12.2 Å². The van der Waals surface area contributed by atoms with E-state index in [1.165, 1.54) is 12.3 Å². The van der Waals surface area contributed by atoms with E-state index in [4.69, 9.17) is 10.5 Å². The maximum absolute atomic E-state index is 10.6. The summed E-state index contributed by atoms with van der Waals surface area (Å²) in [5.74, 6) is 0.764. The molecule has 0 saturated carbocycles. The van der Waals surface area contributed by atoms with Crippen LogP contribution in [0.4, 0.5) is 0 Å². The second-order valence-corrected chi connectivity index (χ2v) is 4.82.